The molecule has 0 aliphatic rings. The number of thioether (sulfide) groups is 1. The van der Waals surface area contributed by atoms with Crippen molar-refractivity contribution in [2.75, 3.05) is 11.6 Å². The van der Waals surface area contributed by atoms with Gasteiger partial charge in [0, 0.05) is 4.88 Å². The molecule has 5 nitrogen and oxygen atoms in total. The van der Waals surface area contributed by atoms with Crippen LogP contribution in [0.3, 0.4) is 0 Å². The first-order valence-electron chi connectivity index (χ1n) is 5.33. The molecule has 1 N–H and O–H groups in total. The van der Waals surface area contributed by atoms with E-state index in [4.69, 9.17) is 11.6 Å². The van der Waals surface area contributed by atoms with Crippen molar-refractivity contribution in [1.82, 2.24) is 15.0 Å². The molecule has 0 spiro atoms. The fourth-order valence-corrected chi connectivity index (χ4v) is 2.62. The van der Waals surface area contributed by atoms with Crippen molar-refractivity contribution in [3.8, 4) is 0 Å². The Kier molecular flexibility index (Phi) is 4.38. The molecule has 0 atom stereocenters. The van der Waals surface area contributed by atoms with Gasteiger partial charge in [0.2, 0.25) is 0 Å². The molecule has 0 bridgehead atoms. The van der Waals surface area contributed by atoms with Crippen LogP contribution in [0.25, 0.3) is 0 Å². The van der Waals surface area contributed by atoms with E-state index in [9.17, 15) is 4.79 Å². The first kappa shape index (κ1) is 14.2. The van der Waals surface area contributed by atoms with Crippen LogP contribution in [-0.4, -0.2) is 27.1 Å². The molecular formula is C11H11ClN4OS2. The SMILES string of the molecule is CSc1ncc(Cl)c(C(=O)Nc2nc(C)c(C)s2)n1. The van der Waals surface area contributed by atoms with E-state index < -0.39 is 0 Å². The Labute approximate surface area is 123 Å². The predicted molar refractivity (Wildman–Crippen MR) is 78.4 cm³/mol. The number of aryl methyl sites for hydroxylation is 2. The Morgan fingerprint density at radius 3 is 2.74 bits per heavy atom. The van der Waals surface area contributed by atoms with Crippen molar-refractivity contribution in [2.24, 2.45) is 0 Å². The van der Waals surface area contributed by atoms with Gasteiger partial charge in [0.25, 0.3) is 5.91 Å². The normalized spacial score (nSPS) is 10.5. The maximum absolute atomic E-state index is 12.1. The summed E-state index contributed by atoms with van der Waals surface area (Å²) in [4.78, 5) is 25.5. The van der Waals surface area contributed by atoms with Crippen molar-refractivity contribution < 1.29 is 4.79 Å². The minimum atomic E-state index is -0.378. The van der Waals surface area contributed by atoms with Crippen molar-refractivity contribution >= 4 is 45.7 Å². The second-order valence-corrected chi connectivity index (χ2v) is 6.05. The smallest absolute Gasteiger partial charge is 0.277 e. The summed E-state index contributed by atoms with van der Waals surface area (Å²) >= 11 is 8.71. The van der Waals surface area contributed by atoms with Gasteiger partial charge in [-0.2, -0.15) is 0 Å². The summed E-state index contributed by atoms with van der Waals surface area (Å²) in [6.07, 6.45) is 3.26. The summed E-state index contributed by atoms with van der Waals surface area (Å²) in [6.45, 7) is 3.84. The van der Waals surface area contributed by atoms with Gasteiger partial charge in [0.15, 0.2) is 16.0 Å². The monoisotopic (exact) mass is 314 g/mol. The highest BCUT2D eigenvalue weighted by atomic mass is 35.5. The second-order valence-electron chi connectivity index (χ2n) is 3.67. The lowest BCUT2D eigenvalue weighted by Gasteiger charge is -2.04. The third-order valence-corrected chi connectivity index (χ3v) is 4.20. The zero-order valence-electron chi connectivity index (χ0n) is 10.5. The number of halogens is 1. The number of carbonyl (C=O) groups is 1. The molecule has 0 unspecified atom stereocenters. The molecule has 0 saturated heterocycles. The van der Waals surface area contributed by atoms with Crippen molar-refractivity contribution in [1.29, 1.82) is 0 Å². The van der Waals surface area contributed by atoms with E-state index in [0.29, 0.717) is 10.3 Å². The highest BCUT2D eigenvalue weighted by Crippen LogP contribution is 2.23. The fourth-order valence-electron chi connectivity index (χ4n) is 1.29. The third-order valence-electron chi connectivity index (χ3n) is 2.37. The van der Waals surface area contributed by atoms with Crippen LogP contribution in [0.2, 0.25) is 5.02 Å². The van der Waals surface area contributed by atoms with E-state index in [1.807, 2.05) is 20.1 Å². The quantitative estimate of drug-likeness (QED) is 0.696. The largest absolute Gasteiger partial charge is 0.296 e. The van der Waals surface area contributed by atoms with E-state index in [0.717, 1.165) is 10.6 Å². The molecule has 8 heteroatoms. The number of nitrogens with zero attached hydrogens (tertiary/aromatic N) is 3. The van der Waals surface area contributed by atoms with Gasteiger partial charge >= 0.3 is 0 Å². The lowest BCUT2D eigenvalue weighted by Crippen LogP contribution is -2.15. The number of nitrogens with one attached hydrogen (secondary N) is 1. The van der Waals surface area contributed by atoms with E-state index in [1.54, 1.807) is 0 Å². The number of amides is 1. The first-order chi connectivity index (χ1) is 9.01. The summed E-state index contributed by atoms with van der Waals surface area (Å²) in [5.74, 6) is -0.378. The van der Waals surface area contributed by atoms with E-state index in [-0.39, 0.29) is 16.6 Å². The van der Waals surface area contributed by atoms with Gasteiger partial charge < -0.3 is 0 Å². The van der Waals surface area contributed by atoms with E-state index in [2.05, 4.69) is 20.3 Å². The molecule has 2 aromatic heterocycles. The van der Waals surface area contributed by atoms with Gasteiger partial charge in [-0.3, -0.25) is 10.1 Å². The van der Waals surface area contributed by atoms with E-state index >= 15 is 0 Å². The summed E-state index contributed by atoms with van der Waals surface area (Å²) in [5.41, 5.74) is 1.06. The molecule has 0 aliphatic carbocycles. The van der Waals surface area contributed by atoms with Crippen molar-refractivity contribution in [2.45, 2.75) is 19.0 Å². The number of carbonyl (C=O) groups excluding carboxylic acids is 1. The van der Waals surface area contributed by atoms with Crippen LogP contribution in [0.4, 0.5) is 5.13 Å². The Hall–Kier alpha value is -1.18. The number of anilines is 1. The minimum absolute atomic E-state index is 0.159. The molecule has 0 saturated carbocycles. The van der Waals surface area contributed by atoms with Gasteiger partial charge in [0.05, 0.1) is 16.9 Å². The van der Waals surface area contributed by atoms with Crippen molar-refractivity contribution in [3.63, 3.8) is 0 Å². The van der Waals surface area contributed by atoms with Crippen molar-refractivity contribution in [3.05, 3.63) is 27.5 Å². The number of hydrogen-bond acceptors (Lipinski definition) is 6. The first-order valence-corrected chi connectivity index (χ1v) is 7.75. The second kappa shape index (κ2) is 5.85. The molecule has 2 rings (SSSR count). The van der Waals surface area contributed by atoms with Crippen LogP contribution in [0.5, 0.6) is 0 Å². The van der Waals surface area contributed by atoms with Gasteiger partial charge in [-0.05, 0) is 20.1 Å². The van der Waals surface area contributed by atoms with Crippen LogP contribution in [0.1, 0.15) is 21.1 Å². The number of hydrogen-bond donors (Lipinski definition) is 1. The Morgan fingerprint density at radius 1 is 1.42 bits per heavy atom. The van der Waals surface area contributed by atoms with Crippen LogP contribution >= 0.6 is 34.7 Å². The summed E-state index contributed by atoms with van der Waals surface area (Å²) in [6, 6.07) is 0. The topological polar surface area (TPSA) is 67.8 Å². The molecule has 0 fully saturated rings. The van der Waals surface area contributed by atoms with Gasteiger partial charge in [0.1, 0.15) is 0 Å². The fraction of sp³-hybridized carbons (Fsp3) is 0.273. The summed E-state index contributed by atoms with van der Waals surface area (Å²) in [7, 11) is 0. The molecule has 19 heavy (non-hydrogen) atoms. The number of rotatable bonds is 3. The van der Waals surface area contributed by atoms with E-state index in [1.165, 1.54) is 29.3 Å². The minimum Gasteiger partial charge on any atom is -0.296 e. The van der Waals surface area contributed by atoms with Crippen LogP contribution in [-0.2, 0) is 0 Å². The Morgan fingerprint density at radius 2 is 2.16 bits per heavy atom. The molecule has 1 amide bonds. The number of thiazole rings is 1. The van der Waals surface area contributed by atoms with Gasteiger partial charge in [-0.25, -0.2) is 15.0 Å². The highest BCUT2D eigenvalue weighted by molar-refractivity contribution is 7.98. The predicted octanol–water partition coefficient (Wildman–Crippen LogP) is 3.18. The lowest BCUT2D eigenvalue weighted by molar-refractivity contribution is 0.102. The van der Waals surface area contributed by atoms with Crippen LogP contribution < -0.4 is 5.32 Å². The zero-order valence-corrected chi connectivity index (χ0v) is 12.9. The standard InChI is InChI=1S/C11H11ClN4OS2/c1-5-6(2)19-11(14-5)16-9(17)8-7(12)4-13-10(15-8)18-3/h4H,1-3H3,(H,14,16,17). The molecule has 0 aromatic carbocycles. The maximum atomic E-state index is 12.1. The van der Waals surface area contributed by atoms with Gasteiger partial charge in [-0.1, -0.05) is 23.4 Å². The van der Waals surface area contributed by atoms with Gasteiger partial charge in [-0.15, -0.1) is 11.3 Å². The summed E-state index contributed by atoms with van der Waals surface area (Å²) < 4.78 is 0. The molecular weight excluding hydrogens is 304 g/mol. The molecule has 100 valence electrons. The molecule has 0 aliphatic heterocycles. The Bertz CT molecular complexity index is 610. The molecule has 2 aromatic rings. The molecule has 0 radical (unpaired) electrons. The average molecular weight is 315 g/mol. The zero-order chi connectivity index (χ0) is 14.0. The third kappa shape index (κ3) is 3.23. The van der Waals surface area contributed by atoms with Crippen LogP contribution in [0.15, 0.2) is 11.4 Å². The Balaban J connectivity index is 2.24. The highest BCUT2D eigenvalue weighted by Gasteiger charge is 2.16. The number of aromatic nitrogens is 3. The average Bonchev–Trinajstić information content (AvgIpc) is 2.68. The maximum Gasteiger partial charge on any atom is 0.277 e. The lowest BCUT2D eigenvalue weighted by atomic mass is 10.4. The van der Waals surface area contributed by atoms with Crippen LogP contribution in [0, 0.1) is 13.8 Å². The summed E-state index contributed by atoms with van der Waals surface area (Å²) in [5, 5.41) is 3.96. The molecule has 2 heterocycles.